The van der Waals surface area contributed by atoms with E-state index < -0.39 is 0 Å². The highest BCUT2D eigenvalue weighted by Gasteiger charge is 2.33. The van der Waals surface area contributed by atoms with Crippen LogP contribution in [0.3, 0.4) is 0 Å². The van der Waals surface area contributed by atoms with Gasteiger partial charge in [-0.3, -0.25) is 4.98 Å². The summed E-state index contributed by atoms with van der Waals surface area (Å²) < 4.78 is 5.55. The monoisotopic (exact) mass is 262 g/mol. The van der Waals surface area contributed by atoms with Crippen molar-refractivity contribution in [2.45, 2.75) is 26.3 Å². The van der Waals surface area contributed by atoms with Crippen LogP contribution in [0.15, 0.2) is 29.5 Å². The largest absolute Gasteiger partial charge is 0.490 e. The molecule has 0 amide bonds. The van der Waals surface area contributed by atoms with E-state index in [-0.39, 0.29) is 0 Å². The maximum Gasteiger partial charge on any atom is 0.191 e. The molecular formula is C14H22N4O. The quantitative estimate of drug-likeness (QED) is 0.462. The number of nitrogens with one attached hydrogen (secondary N) is 2. The zero-order valence-corrected chi connectivity index (χ0v) is 11.6. The molecule has 0 bridgehead atoms. The first-order valence-corrected chi connectivity index (χ1v) is 6.87. The first-order chi connectivity index (χ1) is 9.29. The molecule has 2 N–H and O–H groups in total. The molecule has 0 spiro atoms. The fourth-order valence-corrected chi connectivity index (χ4v) is 1.77. The predicted molar refractivity (Wildman–Crippen MR) is 76.4 cm³/mol. The van der Waals surface area contributed by atoms with Crippen molar-refractivity contribution in [1.29, 1.82) is 0 Å². The molecule has 0 aromatic carbocycles. The molecule has 2 atom stereocenters. The van der Waals surface area contributed by atoms with E-state index in [1.54, 1.807) is 12.4 Å². The van der Waals surface area contributed by atoms with Crippen molar-refractivity contribution in [3.8, 4) is 5.75 Å². The molecule has 1 aromatic heterocycles. The number of nitrogens with zero attached hydrogens (tertiary/aromatic N) is 2. The van der Waals surface area contributed by atoms with Gasteiger partial charge in [-0.05, 0) is 31.4 Å². The average molecular weight is 262 g/mol. The Labute approximate surface area is 114 Å². The van der Waals surface area contributed by atoms with Crippen molar-refractivity contribution in [2.24, 2.45) is 10.9 Å². The number of pyridine rings is 1. The van der Waals surface area contributed by atoms with E-state index in [4.69, 9.17) is 4.74 Å². The van der Waals surface area contributed by atoms with Crippen LogP contribution in [0.4, 0.5) is 0 Å². The van der Waals surface area contributed by atoms with E-state index in [2.05, 4.69) is 34.5 Å². The molecule has 1 heterocycles. The van der Waals surface area contributed by atoms with Crippen molar-refractivity contribution in [3.05, 3.63) is 24.5 Å². The topological polar surface area (TPSA) is 58.5 Å². The Hall–Kier alpha value is -1.78. The number of hydrogen-bond donors (Lipinski definition) is 2. The van der Waals surface area contributed by atoms with Gasteiger partial charge in [-0.1, -0.05) is 6.92 Å². The van der Waals surface area contributed by atoms with Crippen molar-refractivity contribution < 1.29 is 4.74 Å². The Morgan fingerprint density at radius 3 is 3.05 bits per heavy atom. The zero-order valence-electron chi connectivity index (χ0n) is 11.6. The second-order valence-corrected chi connectivity index (χ2v) is 4.76. The van der Waals surface area contributed by atoms with E-state index >= 15 is 0 Å². The first kappa shape index (κ1) is 13.6. The Balaban J connectivity index is 1.72. The van der Waals surface area contributed by atoms with Gasteiger partial charge in [-0.15, -0.1) is 0 Å². The van der Waals surface area contributed by atoms with Crippen molar-refractivity contribution in [2.75, 3.05) is 19.7 Å². The number of rotatable bonds is 6. The molecule has 0 radical (unpaired) electrons. The molecular weight excluding hydrogens is 240 g/mol. The van der Waals surface area contributed by atoms with E-state index in [9.17, 15) is 0 Å². The maximum atomic E-state index is 5.55. The predicted octanol–water partition coefficient (Wildman–Crippen LogP) is 1.42. The number of aliphatic imine (C=N–C) groups is 1. The minimum atomic E-state index is 0.558. The van der Waals surface area contributed by atoms with Crippen LogP contribution < -0.4 is 15.4 Å². The van der Waals surface area contributed by atoms with Crippen molar-refractivity contribution in [1.82, 2.24) is 15.6 Å². The highest BCUT2D eigenvalue weighted by Crippen LogP contribution is 2.28. The van der Waals surface area contributed by atoms with Crippen LogP contribution in [0.5, 0.6) is 5.75 Å². The van der Waals surface area contributed by atoms with Gasteiger partial charge in [-0.2, -0.15) is 0 Å². The lowest BCUT2D eigenvalue weighted by Crippen LogP contribution is -2.39. The fraction of sp³-hybridized carbons (Fsp3) is 0.571. The van der Waals surface area contributed by atoms with Gasteiger partial charge in [-0.25, -0.2) is 4.99 Å². The summed E-state index contributed by atoms with van der Waals surface area (Å²) in [6, 6.07) is 4.34. The van der Waals surface area contributed by atoms with Crippen LogP contribution in [0, 0.1) is 5.92 Å². The minimum Gasteiger partial charge on any atom is -0.490 e. The molecule has 1 aromatic rings. The lowest BCUT2D eigenvalue weighted by Gasteiger charge is -2.10. The Bertz CT molecular complexity index is 407. The average Bonchev–Trinajstić information content (AvgIpc) is 3.11. The molecule has 0 saturated heterocycles. The van der Waals surface area contributed by atoms with Gasteiger partial charge in [0, 0.05) is 18.8 Å². The second kappa shape index (κ2) is 6.97. The molecule has 1 saturated carbocycles. The number of guanidine groups is 1. The summed E-state index contributed by atoms with van der Waals surface area (Å²) in [6.07, 6.45) is 4.67. The first-order valence-electron chi connectivity index (χ1n) is 6.87. The summed E-state index contributed by atoms with van der Waals surface area (Å²) in [5.74, 6) is 2.42. The molecule has 0 aliphatic heterocycles. The summed E-state index contributed by atoms with van der Waals surface area (Å²) in [4.78, 5) is 8.49. The number of ether oxygens (including phenoxy) is 1. The lowest BCUT2D eigenvalue weighted by molar-refractivity contribution is 0.327. The zero-order chi connectivity index (χ0) is 13.5. The van der Waals surface area contributed by atoms with E-state index in [1.165, 1.54) is 6.42 Å². The van der Waals surface area contributed by atoms with E-state index in [0.717, 1.165) is 24.2 Å². The molecule has 19 heavy (non-hydrogen) atoms. The van der Waals surface area contributed by atoms with Gasteiger partial charge < -0.3 is 15.4 Å². The molecule has 2 unspecified atom stereocenters. The molecule has 1 aliphatic carbocycles. The van der Waals surface area contributed by atoms with Gasteiger partial charge in [0.05, 0.1) is 12.7 Å². The highest BCUT2D eigenvalue weighted by molar-refractivity contribution is 5.80. The summed E-state index contributed by atoms with van der Waals surface area (Å²) in [7, 11) is 0. The van der Waals surface area contributed by atoms with Crippen LogP contribution in [-0.4, -0.2) is 36.7 Å². The van der Waals surface area contributed by atoms with Gasteiger partial charge in [0.25, 0.3) is 0 Å². The Morgan fingerprint density at radius 2 is 2.42 bits per heavy atom. The molecule has 5 nitrogen and oxygen atoms in total. The van der Waals surface area contributed by atoms with Crippen LogP contribution in [-0.2, 0) is 0 Å². The third-order valence-electron chi connectivity index (χ3n) is 3.04. The van der Waals surface area contributed by atoms with Gasteiger partial charge in [0.15, 0.2) is 5.96 Å². The van der Waals surface area contributed by atoms with Gasteiger partial charge in [0.2, 0.25) is 0 Å². The van der Waals surface area contributed by atoms with Crippen LogP contribution in [0.2, 0.25) is 0 Å². The van der Waals surface area contributed by atoms with Crippen molar-refractivity contribution in [3.63, 3.8) is 0 Å². The third kappa shape index (κ3) is 4.77. The summed E-state index contributed by atoms with van der Waals surface area (Å²) in [5.41, 5.74) is 0. The van der Waals surface area contributed by atoms with Crippen LogP contribution in [0.25, 0.3) is 0 Å². The molecule has 104 valence electrons. The lowest BCUT2D eigenvalue weighted by atomic mass is 10.5. The summed E-state index contributed by atoms with van der Waals surface area (Å²) in [5, 5.41) is 6.66. The normalized spacial score (nSPS) is 21.9. The Kier molecular flexibility index (Phi) is 5.01. The molecule has 5 heteroatoms. The molecule has 2 rings (SSSR count). The van der Waals surface area contributed by atoms with E-state index in [1.807, 2.05) is 12.1 Å². The molecule has 1 fully saturated rings. The second-order valence-electron chi connectivity index (χ2n) is 4.76. The van der Waals surface area contributed by atoms with E-state index in [0.29, 0.717) is 19.2 Å². The number of aromatic nitrogens is 1. The van der Waals surface area contributed by atoms with Crippen molar-refractivity contribution >= 4 is 5.96 Å². The number of hydrogen-bond acceptors (Lipinski definition) is 3. The smallest absolute Gasteiger partial charge is 0.191 e. The maximum absolute atomic E-state index is 5.55. The van der Waals surface area contributed by atoms with Gasteiger partial charge in [0.1, 0.15) is 12.4 Å². The fourth-order valence-electron chi connectivity index (χ4n) is 1.77. The Morgan fingerprint density at radius 1 is 1.58 bits per heavy atom. The molecule has 1 aliphatic rings. The highest BCUT2D eigenvalue weighted by atomic mass is 16.5. The van der Waals surface area contributed by atoms with Crippen LogP contribution in [0.1, 0.15) is 20.3 Å². The standard InChI is InChI=1S/C14H22N4O/c1-3-16-14(18-13-9-11(13)2)17-7-8-19-12-5-4-6-15-10-12/h4-6,10-11,13H,3,7-9H2,1-2H3,(H2,16,17,18). The summed E-state index contributed by atoms with van der Waals surface area (Å²) >= 11 is 0. The summed E-state index contributed by atoms with van der Waals surface area (Å²) in [6.45, 7) is 6.37. The third-order valence-corrected chi connectivity index (χ3v) is 3.04. The minimum absolute atomic E-state index is 0.558. The SMILES string of the molecule is CCNC(=NCCOc1cccnc1)NC1CC1C. The van der Waals surface area contributed by atoms with Crippen LogP contribution >= 0.6 is 0 Å². The van der Waals surface area contributed by atoms with Gasteiger partial charge >= 0.3 is 0 Å².